The molecule has 4 aromatic rings. The maximum atomic E-state index is 12.9. The molecule has 0 spiro atoms. The molecule has 0 unspecified atom stereocenters. The quantitative estimate of drug-likeness (QED) is 0.500. The predicted molar refractivity (Wildman–Crippen MR) is 105 cm³/mol. The largest absolute Gasteiger partial charge is 0.386 e. The molecule has 1 atom stereocenters. The van der Waals surface area contributed by atoms with Crippen molar-refractivity contribution in [3.05, 3.63) is 88.4 Å². The zero-order valence-electron chi connectivity index (χ0n) is 14.3. The van der Waals surface area contributed by atoms with Crippen molar-refractivity contribution in [2.45, 2.75) is 12.6 Å². The highest BCUT2D eigenvalue weighted by Gasteiger charge is 2.28. The maximum Gasteiger partial charge on any atom is 0.194 e. The second kappa shape index (κ2) is 6.05. The van der Waals surface area contributed by atoms with E-state index in [0.29, 0.717) is 16.1 Å². The fourth-order valence-corrected chi connectivity index (χ4v) is 3.86. The number of aliphatic hydroxyl groups is 1. The van der Waals surface area contributed by atoms with Gasteiger partial charge in [0, 0.05) is 27.1 Å². The van der Waals surface area contributed by atoms with Crippen molar-refractivity contribution in [3.8, 4) is 11.3 Å². The summed E-state index contributed by atoms with van der Waals surface area (Å²) in [5.41, 5.74) is 4.57. The number of benzene rings is 3. The number of fused-ring (bicyclic) bond motifs is 2. The molecule has 0 radical (unpaired) electrons. The van der Waals surface area contributed by atoms with E-state index in [1.165, 1.54) is 0 Å². The van der Waals surface area contributed by atoms with E-state index < -0.39 is 6.10 Å². The molecule has 0 saturated heterocycles. The Balaban J connectivity index is 1.65. The van der Waals surface area contributed by atoms with Crippen LogP contribution in [-0.4, -0.2) is 20.7 Å². The van der Waals surface area contributed by atoms with Gasteiger partial charge in [-0.25, -0.2) is 0 Å². The van der Waals surface area contributed by atoms with Crippen LogP contribution < -0.4 is 0 Å². The summed E-state index contributed by atoms with van der Waals surface area (Å²) < 4.78 is 1.78. The number of halogens is 1. The lowest BCUT2D eigenvalue weighted by Gasteiger charge is -2.14. The average Bonchev–Trinajstić information content (AvgIpc) is 3.06. The summed E-state index contributed by atoms with van der Waals surface area (Å²) in [4.78, 5) is 12.9. The highest BCUT2D eigenvalue weighted by molar-refractivity contribution is 6.30. The average molecular weight is 375 g/mol. The smallest absolute Gasteiger partial charge is 0.194 e. The van der Waals surface area contributed by atoms with Crippen LogP contribution >= 0.6 is 11.6 Å². The zero-order chi connectivity index (χ0) is 18.5. The Labute approximate surface area is 160 Å². The summed E-state index contributed by atoms with van der Waals surface area (Å²) in [6.45, 7) is 0.290. The van der Waals surface area contributed by atoms with Gasteiger partial charge in [-0.2, -0.15) is 5.10 Å². The number of hydrogen-bond donors (Lipinski definition) is 1. The number of aromatic nitrogens is 2. The van der Waals surface area contributed by atoms with Crippen LogP contribution in [0.4, 0.5) is 0 Å². The molecular formula is C22H15ClN2O2. The molecule has 1 N–H and O–H groups in total. The summed E-state index contributed by atoms with van der Waals surface area (Å²) >= 11 is 5.93. The van der Waals surface area contributed by atoms with Crippen LogP contribution in [0.1, 0.15) is 27.6 Å². The van der Waals surface area contributed by atoms with Crippen molar-refractivity contribution in [1.82, 2.24) is 9.78 Å². The molecule has 1 aliphatic carbocycles. The topological polar surface area (TPSA) is 55.1 Å². The Hall–Kier alpha value is -2.95. The van der Waals surface area contributed by atoms with Gasteiger partial charge in [0.05, 0.1) is 18.2 Å². The first kappa shape index (κ1) is 16.2. The predicted octanol–water partition coefficient (Wildman–Crippen LogP) is 4.63. The molecule has 0 amide bonds. The second-order valence-electron chi connectivity index (χ2n) is 6.67. The molecule has 5 rings (SSSR count). The van der Waals surface area contributed by atoms with Crippen LogP contribution in [0.2, 0.25) is 5.02 Å². The normalized spacial score (nSPS) is 13.6. The first-order valence-electron chi connectivity index (χ1n) is 8.70. The van der Waals surface area contributed by atoms with E-state index in [2.05, 4.69) is 0 Å². The molecule has 0 fully saturated rings. The Bertz CT molecular complexity index is 1190. The molecule has 5 heteroatoms. The minimum Gasteiger partial charge on any atom is -0.386 e. The number of carbonyl (C=O) groups is 1. The van der Waals surface area contributed by atoms with E-state index in [9.17, 15) is 9.90 Å². The van der Waals surface area contributed by atoms with E-state index in [4.69, 9.17) is 16.7 Å². The number of aliphatic hydroxyl groups excluding tert-OH is 1. The van der Waals surface area contributed by atoms with Crippen molar-refractivity contribution in [1.29, 1.82) is 0 Å². The van der Waals surface area contributed by atoms with E-state index in [0.717, 1.165) is 27.7 Å². The molecule has 3 aromatic carbocycles. The minimum atomic E-state index is -0.728. The van der Waals surface area contributed by atoms with Crippen molar-refractivity contribution in [2.24, 2.45) is 0 Å². The highest BCUT2D eigenvalue weighted by Crippen LogP contribution is 2.39. The molecular weight excluding hydrogens is 360 g/mol. The number of carbonyl (C=O) groups excluding carboxylic acids is 1. The summed E-state index contributed by atoms with van der Waals surface area (Å²) in [6.07, 6.45) is -0.728. The van der Waals surface area contributed by atoms with Crippen LogP contribution in [0, 0.1) is 0 Å². The molecule has 4 nitrogen and oxygen atoms in total. The van der Waals surface area contributed by atoms with E-state index >= 15 is 0 Å². The SMILES string of the molecule is O=C1c2ccccc2-c2nn(C[C@H](O)c3ccc(Cl)cc3)c3cccc1c23. The van der Waals surface area contributed by atoms with Crippen LogP contribution in [0.25, 0.3) is 22.2 Å². The van der Waals surface area contributed by atoms with Crippen LogP contribution in [0.3, 0.4) is 0 Å². The Kier molecular flexibility index (Phi) is 3.64. The lowest BCUT2D eigenvalue weighted by Crippen LogP contribution is -2.10. The van der Waals surface area contributed by atoms with Crippen LogP contribution in [-0.2, 0) is 6.54 Å². The molecule has 27 heavy (non-hydrogen) atoms. The number of nitrogens with zero attached hydrogens (tertiary/aromatic N) is 2. The molecule has 1 aliphatic rings. The molecule has 0 saturated carbocycles. The Morgan fingerprint density at radius 1 is 0.926 bits per heavy atom. The van der Waals surface area contributed by atoms with Crippen LogP contribution in [0.15, 0.2) is 66.7 Å². The summed E-state index contributed by atoms with van der Waals surface area (Å²) in [5, 5.41) is 16.9. The van der Waals surface area contributed by atoms with Crippen molar-refractivity contribution in [2.75, 3.05) is 0 Å². The monoisotopic (exact) mass is 374 g/mol. The van der Waals surface area contributed by atoms with E-state index in [-0.39, 0.29) is 12.3 Å². The van der Waals surface area contributed by atoms with Gasteiger partial charge >= 0.3 is 0 Å². The molecule has 1 aromatic heterocycles. The van der Waals surface area contributed by atoms with Crippen molar-refractivity contribution < 1.29 is 9.90 Å². The molecule has 0 bridgehead atoms. The van der Waals surface area contributed by atoms with Gasteiger partial charge in [-0.15, -0.1) is 0 Å². The molecule has 1 heterocycles. The van der Waals surface area contributed by atoms with Crippen LogP contribution in [0.5, 0.6) is 0 Å². The standard InChI is InChI=1S/C22H15ClN2O2/c23-14-10-8-13(9-11-14)19(26)12-25-18-7-3-6-17-20(18)21(24-25)15-4-1-2-5-16(15)22(17)27/h1-11,19,26H,12H2/t19-/m0/s1. The first-order chi connectivity index (χ1) is 13.1. The van der Waals surface area contributed by atoms with Gasteiger partial charge < -0.3 is 5.11 Å². The first-order valence-corrected chi connectivity index (χ1v) is 9.08. The third kappa shape index (κ3) is 2.49. The number of ketones is 1. The third-order valence-corrected chi connectivity index (χ3v) is 5.30. The fourth-order valence-electron chi connectivity index (χ4n) is 3.73. The van der Waals surface area contributed by atoms with Gasteiger partial charge in [0.2, 0.25) is 0 Å². The highest BCUT2D eigenvalue weighted by atomic mass is 35.5. The number of hydrogen-bond acceptors (Lipinski definition) is 3. The number of rotatable bonds is 3. The zero-order valence-corrected chi connectivity index (χ0v) is 15.0. The lowest BCUT2D eigenvalue weighted by molar-refractivity contribution is 0.104. The van der Waals surface area contributed by atoms with Gasteiger partial charge in [0.1, 0.15) is 5.69 Å². The minimum absolute atomic E-state index is 0.0153. The van der Waals surface area contributed by atoms with Gasteiger partial charge in [0.15, 0.2) is 5.78 Å². The van der Waals surface area contributed by atoms with E-state index in [1.54, 1.807) is 16.8 Å². The van der Waals surface area contributed by atoms with Gasteiger partial charge in [-0.3, -0.25) is 9.48 Å². The Morgan fingerprint density at radius 3 is 2.41 bits per heavy atom. The third-order valence-electron chi connectivity index (χ3n) is 5.05. The van der Waals surface area contributed by atoms with Crippen molar-refractivity contribution >= 4 is 28.3 Å². The lowest BCUT2D eigenvalue weighted by atomic mass is 9.87. The summed E-state index contributed by atoms with van der Waals surface area (Å²) in [5.74, 6) is 0.0153. The molecule has 0 aliphatic heterocycles. The van der Waals surface area contributed by atoms with Gasteiger partial charge in [0.25, 0.3) is 0 Å². The second-order valence-corrected chi connectivity index (χ2v) is 7.11. The summed E-state index contributed by atoms with van der Waals surface area (Å²) in [6, 6.07) is 20.3. The van der Waals surface area contributed by atoms with Gasteiger partial charge in [-0.05, 0) is 23.8 Å². The van der Waals surface area contributed by atoms with Crippen molar-refractivity contribution in [3.63, 3.8) is 0 Å². The Morgan fingerprint density at radius 2 is 1.63 bits per heavy atom. The maximum absolute atomic E-state index is 12.9. The molecule has 132 valence electrons. The fraction of sp³-hybridized carbons (Fsp3) is 0.0909. The van der Waals surface area contributed by atoms with Gasteiger partial charge in [-0.1, -0.05) is 60.1 Å². The summed E-state index contributed by atoms with van der Waals surface area (Å²) in [7, 11) is 0. The van der Waals surface area contributed by atoms with E-state index in [1.807, 2.05) is 54.6 Å².